The summed E-state index contributed by atoms with van der Waals surface area (Å²) in [5.74, 6) is -0.434. The van der Waals surface area contributed by atoms with Crippen LogP contribution in [-0.4, -0.2) is 26.9 Å². The van der Waals surface area contributed by atoms with Crippen LogP contribution >= 0.6 is 0 Å². The number of rotatable bonds is 4. The number of aromatic amines is 1. The Morgan fingerprint density at radius 3 is 2.64 bits per heavy atom. The molecule has 0 atom stereocenters. The van der Waals surface area contributed by atoms with Gasteiger partial charge in [0.25, 0.3) is 11.5 Å². The third-order valence-corrected chi connectivity index (χ3v) is 3.61. The number of carbonyl (C=O) groups is 1. The van der Waals surface area contributed by atoms with E-state index in [-0.39, 0.29) is 11.3 Å². The zero-order valence-corrected chi connectivity index (χ0v) is 13.9. The molecular formula is C18H17N5O2. The standard InChI is InChI=1S/C18H17N5O2/c1-12-7-6-10-16(20-12)17(24)21-19-11-15-13(2)22-23(18(15)25)14-8-4-3-5-9-14/h3-11,22H,1-2H3,(H,21,24)/b19-11-. The number of pyridine rings is 1. The van der Waals surface area contributed by atoms with Crippen LogP contribution in [0.3, 0.4) is 0 Å². The Balaban J connectivity index is 1.79. The molecule has 1 amide bonds. The SMILES string of the molecule is Cc1cccc(C(=O)N/N=C\c2c(C)[nH]n(-c3ccccc3)c2=O)n1. The largest absolute Gasteiger partial charge is 0.295 e. The number of nitrogens with one attached hydrogen (secondary N) is 2. The summed E-state index contributed by atoms with van der Waals surface area (Å²) >= 11 is 0. The molecular weight excluding hydrogens is 318 g/mol. The molecule has 3 aromatic rings. The van der Waals surface area contributed by atoms with E-state index >= 15 is 0 Å². The Hall–Kier alpha value is -3.48. The van der Waals surface area contributed by atoms with Crippen LogP contribution in [0.25, 0.3) is 5.69 Å². The summed E-state index contributed by atoms with van der Waals surface area (Å²) in [6.07, 6.45) is 1.33. The van der Waals surface area contributed by atoms with Gasteiger partial charge in [-0.05, 0) is 38.1 Å². The van der Waals surface area contributed by atoms with Crippen molar-refractivity contribution >= 4 is 12.1 Å². The van der Waals surface area contributed by atoms with Gasteiger partial charge in [0.15, 0.2) is 0 Å². The summed E-state index contributed by atoms with van der Waals surface area (Å²) in [6, 6.07) is 14.4. The Morgan fingerprint density at radius 2 is 1.92 bits per heavy atom. The van der Waals surface area contributed by atoms with Gasteiger partial charge in [0.1, 0.15) is 5.69 Å². The molecule has 0 aliphatic carbocycles. The second-order valence-electron chi connectivity index (χ2n) is 5.49. The quantitative estimate of drug-likeness (QED) is 0.564. The van der Waals surface area contributed by atoms with Crippen LogP contribution in [0.4, 0.5) is 0 Å². The van der Waals surface area contributed by atoms with Crippen LogP contribution in [0, 0.1) is 13.8 Å². The van der Waals surface area contributed by atoms with Crippen molar-refractivity contribution in [1.82, 2.24) is 20.2 Å². The number of carbonyl (C=O) groups excluding carboxylic acids is 1. The van der Waals surface area contributed by atoms with Gasteiger partial charge in [0.2, 0.25) is 0 Å². The third kappa shape index (κ3) is 3.55. The number of hydrazone groups is 1. The van der Waals surface area contributed by atoms with Crippen molar-refractivity contribution in [3.05, 3.63) is 81.5 Å². The molecule has 0 fully saturated rings. The molecule has 0 aliphatic rings. The lowest BCUT2D eigenvalue weighted by Crippen LogP contribution is -2.21. The summed E-state index contributed by atoms with van der Waals surface area (Å²) in [5.41, 5.74) is 4.91. The monoisotopic (exact) mass is 335 g/mol. The highest BCUT2D eigenvalue weighted by atomic mass is 16.2. The topological polar surface area (TPSA) is 92.1 Å². The first-order valence-corrected chi connectivity index (χ1v) is 7.70. The highest BCUT2D eigenvalue weighted by Crippen LogP contribution is 2.05. The van der Waals surface area contributed by atoms with E-state index in [0.29, 0.717) is 11.3 Å². The van der Waals surface area contributed by atoms with Gasteiger partial charge in [-0.1, -0.05) is 24.3 Å². The number of nitrogens with zero attached hydrogens (tertiary/aromatic N) is 3. The number of para-hydroxylation sites is 1. The molecule has 2 aromatic heterocycles. The van der Waals surface area contributed by atoms with E-state index in [2.05, 4.69) is 20.6 Å². The Labute approximate surface area is 144 Å². The van der Waals surface area contributed by atoms with Crippen molar-refractivity contribution in [2.75, 3.05) is 0 Å². The molecule has 0 aliphatic heterocycles. The second kappa shape index (κ2) is 6.96. The predicted molar refractivity (Wildman–Crippen MR) is 95.2 cm³/mol. The summed E-state index contributed by atoms with van der Waals surface area (Å²) in [7, 11) is 0. The summed E-state index contributed by atoms with van der Waals surface area (Å²) in [4.78, 5) is 28.6. The number of aromatic nitrogens is 3. The van der Waals surface area contributed by atoms with Crippen molar-refractivity contribution in [3.8, 4) is 5.69 Å². The molecule has 0 unspecified atom stereocenters. The van der Waals surface area contributed by atoms with Gasteiger partial charge in [0, 0.05) is 11.4 Å². The van der Waals surface area contributed by atoms with E-state index in [1.807, 2.05) is 30.3 Å². The first kappa shape index (κ1) is 16.4. The van der Waals surface area contributed by atoms with Crippen LogP contribution in [0.5, 0.6) is 0 Å². The maximum absolute atomic E-state index is 12.5. The molecule has 0 spiro atoms. The zero-order valence-electron chi connectivity index (χ0n) is 13.9. The lowest BCUT2D eigenvalue weighted by Gasteiger charge is -1.99. The van der Waals surface area contributed by atoms with Gasteiger partial charge >= 0.3 is 0 Å². The minimum atomic E-state index is -0.434. The third-order valence-electron chi connectivity index (χ3n) is 3.61. The second-order valence-corrected chi connectivity index (χ2v) is 5.49. The van der Waals surface area contributed by atoms with Gasteiger partial charge in [-0.3, -0.25) is 14.7 Å². The molecule has 2 N–H and O–H groups in total. The highest BCUT2D eigenvalue weighted by Gasteiger charge is 2.11. The smallest absolute Gasteiger partial charge is 0.289 e. The summed E-state index contributed by atoms with van der Waals surface area (Å²) in [6.45, 7) is 3.57. The summed E-state index contributed by atoms with van der Waals surface area (Å²) in [5, 5.41) is 6.87. The lowest BCUT2D eigenvalue weighted by atomic mass is 10.3. The summed E-state index contributed by atoms with van der Waals surface area (Å²) < 4.78 is 1.43. The molecule has 0 radical (unpaired) electrons. The van der Waals surface area contributed by atoms with Crippen molar-refractivity contribution < 1.29 is 4.79 Å². The van der Waals surface area contributed by atoms with E-state index < -0.39 is 5.91 Å². The molecule has 0 saturated carbocycles. The first-order chi connectivity index (χ1) is 12.1. The van der Waals surface area contributed by atoms with E-state index in [9.17, 15) is 9.59 Å². The maximum atomic E-state index is 12.5. The number of benzene rings is 1. The van der Waals surface area contributed by atoms with E-state index in [1.54, 1.807) is 32.0 Å². The molecule has 126 valence electrons. The molecule has 7 nitrogen and oxygen atoms in total. The molecule has 0 bridgehead atoms. The molecule has 2 heterocycles. The van der Waals surface area contributed by atoms with Gasteiger partial charge in [0.05, 0.1) is 17.5 Å². The van der Waals surface area contributed by atoms with E-state index in [1.165, 1.54) is 10.9 Å². The van der Waals surface area contributed by atoms with E-state index in [0.717, 1.165) is 11.4 Å². The average molecular weight is 335 g/mol. The van der Waals surface area contributed by atoms with Crippen LogP contribution in [0.1, 0.15) is 27.4 Å². The first-order valence-electron chi connectivity index (χ1n) is 7.70. The van der Waals surface area contributed by atoms with Crippen LogP contribution < -0.4 is 11.0 Å². The zero-order chi connectivity index (χ0) is 17.8. The fourth-order valence-corrected chi connectivity index (χ4v) is 2.35. The fraction of sp³-hybridized carbons (Fsp3) is 0.111. The van der Waals surface area contributed by atoms with Gasteiger partial charge < -0.3 is 0 Å². The minimum Gasteiger partial charge on any atom is -0.295 e. The number of hydrogen-bond donors (Lipinski definition) is 2. The Morgan fingerprint density at radius 1 is 1.16 bits per heavy atom. The lowest BCUT2D eigenvalue weighted by molar-refractivity contribution is 0.0950. The predicted octanol–water partition coefficient (Wildman–Crippen LogP) is 1.94. The normalized spacial score (nSPS) is 11.0. The van der Waals surface area contributed by atoms with Crippen molar-refractivity contribution in [1.29, 1.82) is 0 Å². The maximum Gasteiger partial charge on any atom is 0.289 e. The molecule has 3 rings (SSSR count). The highest BCUT2D eigenvalue weighted by molar-refractivity contribution is 5.93. The number of hydrogen-bond acceptors (Lipinski definition) is 4. The van der Waals surface area contributed by atoms with Gasteiger partial charge in [-0.15, -0.1) is 0 Å². The molecule has 25 heavy (non-hydrogen) atoms. The molecule has 7 heteroatoms. The van der Waals surface area contributed by atoms with Crippen molar-refractivity contribution in [2.45, 2.75) is 13.8 Å². The fourth-order valence-electron chi connectivity index (χ4n) is 2.35. The van der Waals surface area contributed by atoms with Crippen LogP contribution in [-0.2, 0) is 0 Å². The van der Waals surface area contributed by atoms with Gasteiger partial charge in [-0.2, -0.15) is 5.10 Å². The average Bonchev–Trinajstić information content (AvgIpc) is 2.90. The van der Waals surface area contributed by atoms with Gasteiger partial charge in [-0.25, -0.2) is 15.1 Å². The van der Waals surface area contributed by atoms with Crippen LogP contribution in [0.2, 0.25) is 0 Å². The van der Waals surface area contributed by atoms with Crippen molar-refractivity contribution in [2.24, 2.45) is 5.10 Å². The van der Waals surface area contributed by atoms with E-state index in [4.69, 9.17) is 0 Å². The minimum absolute atomic E-state index is 0.240. The number of amides is 1. The Kier molecular flexibility index (Phi) is 4.56. The number of H-pyrrole nitrogens is 1. The molecule has 1 aromatic carbocycles. The van der Waals surface area contributed by atoms with Crippen molar-refractivity contribution in [3.63, 3.8) is 0 Å². The van der Waals surface area contributed by atoms with Crippen LogP contribution in [0.15, 0.2) is 58.4 Å². The molecule has 0 saturated heterocycles. The Bertz CT molecular complexity index is 986. The number of aryl methyl sites for hydroxylation is 2.